The summed E-state index contributed by atoms with van der Waals surface area (Å²) in [6.07, 6.45) is 0.512. The van der Waals surface area contributed by atoms with E-state index in [0.717, 1.165) is 0 Å². The number of hydrogen-bond acceptors (Lipinski definition) is 5. The summed E-state index contributed by atoms with van der Waals surface area (Å²) in [5.41, 5.74) is 5.76. The maximum Gasteiger partial charge on any atom is 0.322 e. The minimum atomic E-state index is -0.339. The lowest BCUT2D eigenvalue weighted by molar-refractivity contribution is 0.497. The summed E-state index contributed by atoms with van der Waals surface area (Å²) in [6.45, 7) is 0.436. The van der Waals surface area contributed by atoms with Crippen LogP contribution in [0.3, 0.4) is 0 Å². The average molecular weight is 236 g/mol. The van der Waals surface area contributed by atoms with Crippen LogP contribution in [0.2, 0.25) is 0 Å². The molecule has 0 aliphatic heterocycles. The zero-order chi connectivity index (χ0) is 12.3. The molecule has 0 saturated carbocycles. The normalized spacial score (nSPS) is 10.5. The van der Waals surface area contributed by atoms with Crippen LogP contribution in [0.1, 0.15) is 5.89 Å². The molecule has 2 aromatic rings. The fraction of sp³-hybridized carbons (Fsp3) is 0.273. The number of para-hydroxylation sites is 1. The highest BCUT2D eigenvalue weighted by atomic mass is 19.1. The monoisotopic (exact) mass is 236 g/mol. The Morgan fingerprint density at radius 2 is 2.12 bits per heavy atom. The molecule has 0 aliphatic carbocycles. The van der Waals surface area contributed by atoms with Crippen LogP contribution >= 0.6 is 0 Å². The lowest BCUT2D eigenvalue weighted by atomic mass is 10.3. The fourth-order valence-corrected chi connectivity index (χ4v) is 1.43. The topological polar surface area (TPSA) is 68.2 Å². The molecule has 0 radical (unpaired) electrons. The van der Waals surface area contributed by atoms with E-state index in [0.29, 0.717) is 24.5 Å². The number of aromatic nitrogens is 2. The summed E-state index contributed by atoms with van der Waals surface area (Å²) >= 11 is 0. The number of rotatable bonds is 4. The van der Waals surface area contributed by atoms with Crippen molar-refractivity contribution in [3.63, 3.8) is 0 Å². The highest BCUT2D eigenvalue weighted by molar-refractivity contribution is 5.55. The van der Waals surface area contributed by atoms with Gasteiger partial charge in [0.15, 0.2) is 0 Å². The van der Waals surface area contributed by atoms with Gasteiger partial charge in [-0.05, 0) is 12.1 Å². The number of nitrogens with zero attached hydrogens (tertiary/aromatic N) is 3. The van der Waals surface area contributed by atoms with Gasteiger partial charge in [-0.2, -0.15) is 0 Å². The van der Waals surface area contributed by atoms with E-state index in [4.69, 9.17) is 10.2 Å². The van der Waals surface area contributed by atoms with E-state index in [1.54, 1.807) is 25.2 Å². The predicted molar refractivity (Wildman–Crippen MR) is 61.5 cm³/mol. The molecule has 17 heavy (non-hydrogen) atoms. The van der Waals surface area contributed by atoms with Gasteiger partial charge in [0.1, 0.15) is 5.82 Å². The van der Waals surface area contributed by atoms with Crippen molar-refractivity contribution in [3.8, 4) is 0 Å². The Kier molecular flexibility index (Phi) is 3.34. The summed E-state index contributed by atoms with van der Waals surface area (Å²) in [7, 11) is 1.66. The van der Waals surface area contributed by atoms with Gasteiger partial charge < -0.3 is 10.2 Å². The maximum absolute atomic E-state index is 13.5. The van der Waals surface area contributed by atoms with Crippen LogP contribution < -0.4 is 10.6 Å². The van der Waals surface area contributed by atoms with Crippen molar-refractivity contribution < 1.29 is 8.81 Å². The Balaban J connectivity index is 2.24. The van der Waals surface area contributed by atoms with E-state index in [1.165, 1.54) is 11.0 Å². The molecule has 0 unspecified atom stereocenters. The van der Waals surface area contributed by atoms with Gasteiger partial charge in [0.25, 0.3) is 0 Å². The highest BCUT2D eigenvalue weighted by Gasteiger charge is 2.14. The molecule has 1 aromatic heterocycles. The van der Waals surface area contributed by atoms with Crippen LogP contribution in [0, 0.1) is 5.82 Å². The molecule has 0 atom stereocenters. The third kappa shape index (κ3) is 2.42. The fourth-order valence-electron chi connectivity index (χ4n) is 1.43. The SMILES string of the molecule is CN(c1nnc(CCN)o1)c1ccccc1F. The second kappa shape index (κ2) is 4.92. The minimum absolute atomic E-state index is 0.249. The number of hydrogen-bond donors (Lipinski definition) is 1. The summed E-state index contributed by atoms with van der Waals surface area (Å²) < 4.78 is 18.9. The summed E-state index contributed by atoms with van der Waals surface area (Å²) in [6, 6.07) is 6.64. The zero-order valence-electron chi connectivity index (χ0n) is 9.43. The van der Waals surface area contributed by atoms with Gasteiger partial charge in [-0.15, -0.1) is 5.10 Å². The molecule has 6 heteroatoms. The second-order valence-electron chi connectivity index (χ2n) is 3.53. The number of nitrogens with two attached hydrogens (primary N) is 1. The summed E-state index contributed by atoms with van der Waals surface area (Å²) in [5.74, 6) is 0.110. The first-order valence-corrected chi connectivity index (χ1v) is 5.23. The van der Waals surface area contributed by atoms with Crippen LogP contribution in [-0.2, 0) is 6.42 Å². The average Bonchev–Trinajstić information content (AvgIpc) is 2.78. The lowest BCUT2D eigenvalue weighted by Crippen LogP contribution is -2.11. The standard InChI is InChI=1S/C11H13FN4O/c1-16(9-5-3-2-4-8(9)12)11-15-14-10(17-11)6-7-13/h2-5H,6-7,13H2,1H3. The van der Waals surface area contributed by atoms with E-state index >= 15 is 0 Å². The molecule has 0 saturated heterocycles. The molecule has 1 aromatic carbocycles. The van der Waals surface area contributed by atoms with E-state index in [1.807, 2.05) is 0 Å². The predicted octanol–water partition coefficient (Wildman–Crippen LogP) is 1.48. The minimum Gasteiger partial charge on any atom is -0.408 e. The molecule has 0 amide bonds. The molecular weight excluding hydrogens is 223 g/mol. The molecular formula is C11H13FN4O. The maximum atomic E-state index is 13.5. The Morgan fingerprint density at radius 1 is 1.35 bits per heavy atom. The van der Waals surface area contributed by atoms with E-state index in [-0.39, 0.29) is 11.8 Å². The first-order valence-electron chi connectivity index (χ1n) is 5.23. The molecule has 0 spiro atoms. The van der Waals surface area contributed by atoms with Crippen LogP contribution in [0.4, 0.5) is 16.1 Å². The first-order chi connectivity index (χ1) is 8.22. The van der Waals surface area contributed by atoms with Gasteiger partial charge in [0, 0.05) is 20.0 Å². The summed E-state index contributed by atoms with van der Waals surface area (Å²) in [5, 5.41) is 7.66. The van der Waals surface area contributed by atoms with Crippen molar-refractivity contribution in [2.24, 2.45) is 5.73 Å². The van der Waals surface area contributed by atoms with Crippen LogP contribution in [0.25, 0.3) is 0 Å². The Morgan fingerprint density at radius 3 is 2.82 bits per heavy atom. The van der Waals surface area contributed by atoms with Crippen LogP contribution in [0.15, 0.2) is 28.7 Å². The van der Waals surface area contributed by atoms with Crippen molar-refractivity contribution in [3.05, 3.63) is 36.0 Å². The van der Waals surface area contributed by atoms with Gasteiger partial charge >= 0.3 is 6.01 Å². The molecule has 2 rings (SSSR count). The molecule has 0 fully saturated rings. The molecule has 0 aliphatic rings. The number of benzene rings is 1. The highest BCUT2D eigenvalue weighted by Crippen LogP contribution is 2.24. The van der Waals surface area contributed by atoms with Crippen LogP contribution in [0.5, 0.6) is 0 Å². The van der Waals surface area contributed by atoms with Crippen molar-refractivity contribution >= 4 is 11.7 Å². The molecule has 90 valence electrons. The molecule has 2 N–H and O–H groups in total. The van der Waals surface area contributed by atoms with Crippen molar-refractivity contribution in [1.82, 2.24) is 10.2 Å². The van der Waals surface area contributed by atoms with Crippen molar-refractivity contribution in [1.29, 1.82) is 0 Å². The van der Waals surface area contributed by atoms with Crippen molar-refractivity contribution in [2.45, 2.75) is 6.42 Å². The Bertz CT molecular complexity index is 500. The Hall–Kier alpha value is -1.95. The lowest BCUT2D eigenvalue weighted by Gasteiger charge is -2.14. The largest absolute Gasteiger partial charge is 0.408 e. The third-order valence-electron chi connectivity index (χ3n) is 2.32. The van der Waals surface area contributed by atoms with E-state index in [9.17, 15) is 4.39 Å². The van der Waals surface area contributed by atoms with Gasteiger partial charge in [-0.1, -0.05) is 17.2 Å². The number of halogens is 1. The van der Waals surface area contributed by atoms with Crippen molar-refractivity contribution in [2.75, 3.05) is 18.5 Å². The van der Waals surface area contributed by atoms with Gasteiger partial charge in [0.05, 0.1) is 5.69 Å². The first kappa shape index (κ1) is 11.5. The summed E-state index contributed by atoms with van der Waals surface area (Å²) in [4.78, 5) is 1.50. The molecule has 5 nitrogen and oxygen atoms in total. The Labute approximate surface area is 98.1 Å². The van der Waals surface area contributed by atoms with E-state index < -0.39 is 0 Å². The van der Waals surface area contributed by atoms with Gasteiger partial charge in [-0.3, -0.25) is 4.90 Å². The molecule has 1 heterocycles. The van der Waals surface area contributed by atoms with Gasteiger partial charge in [0.2, 0.25) is 5.89 Å². The zero-order valence-corrected chi connectivity index (χ0v) is 9.43. The van der Waals surface area contributed by atoms with Crippen LogP contribution in [-0.4, -0.2) is 23.8 Å². The quantitative estimate of drug-likeness (QED) is 0.870. The second-order valence-corrected chi connectivity index (χ2v) is 3.53. The number of anilines is 2. The van der Waals surface area contributed by atoms with E-state index in [2.05, 4.69) is 10.2 Å². The third-order valence-corrected chi connectivity index (χ3v) is 2.32. The van der Waals surface area contributed by atoms with Gasteiger partial charge in [-0.25, -0.2) is 4.39 Å². The smallest absolute Gasteiger partial charge is 0.322 e. The molecule has 0 bridgehead atoms.